The van der Waals surface area contributed by atoms with Gasteiger partial charge in [-0.05, 0) is 29.9 Å². The molecule has 0 spiro atoms. The van der Waals surface area contributed by atoms with Gasteiger partial charge >= 0.3 is 0 Å². The summed E-state index contributed by atoms with van der Waals surface area (Å²) in [5.74, 6) is 3.21. The van der Waals surface area contributed by atoms with Gasteiger partial charge in [0.15, 0.2) is 0 Å². The van der Waals surface area contributed by atoms with Crippen LogP contribution in [0.1, 0.15) is 45.1 Å². The maximum Gasteiger partial charge on any atom is 0.221 e. The Morgan fingerprint density at radius 1 is 1.32 bits per heavy atom. The lowest BCUT2D eigenvalue weighted by molar-refractivity contribution is -0.122. The zero-order chi connectivity index (χ0) is 15.9. The summed E-state index contributed by atoms with van der Waals surface area (Å²) in [6.45, 7) is 4.56. The van der Waals surface area contributed by atoms with E-state index in [0.29, 0.717) is 24.3 Å². The van der Waals surface area contributed by atoms with Crippen molar-refractivity contribution in [3.63, 3.8) is 0 Å². The van der Waals surface area contributed by atoms with Crippen molar-refractivity contribution in [2.24, 2.45) is 11.8 Å². The van der Waals surface area contributed by atoms with Crippen LogP contribution in [-0.4, -0.2) is 17.7 Å². The topological polar surface area (TPSA) is 29.1 Å². The number of hydrogen-bond acceptors (Lipinski definition) is 2. The molecule has 0 heterocycles. The predicted octanol–water partition coefficient (Wildman–Crippen LogP) is 4.90. The summed E-state index contributed by atoms with van der Waals surface area (Å²) in [5, 5.41) is 4.04. The van der Waals surface area contributed by atoms with E-state index in [0.717, 1.165) is 28.5 Å². The number of hydrogen-bond donors (Lipinski definition) is 1. The highest BCUT2D eigenvalue weighted by Gasteiger charge is 2.27. The first kappa shape index (κ1) is 17.7. The highest BCUT2D eigenvalue weighted by atomic mass is 35.5. The zero-order valence-electron chi connectivity index (χ0n) is 13.5. The third-order valence-corrected chi connectivity index (χ3v) is 6.12. The van der Waals surface area contributed by atoms with Gasteiger partial charge < -0.3 is 5.32 Å². The molecule has 1 fully saturated rings. The fourth-order valence-electron chi connectivity index (χ4n) is 3.03. The van der Waals surface area contributed by atoms with Crippen LogP contribution in [0.5, 0.6) is 0 Å². The molecule has 2 nitrogen and oxygen atoms in total. The molecule has 1 N–H and O–H groups in total. The number of nitrogens with one attached hydrogen (secondary N) is 1. The molecule has 0 aliphatic heterocycles. The van der Waals surface area contributed by atoms with E-state index in [9.17, 15) is 4.79 Å². The van der Waals surface area contributed by atoms with Crippen LogP contribution in [0.25, 0.3) is 0 Å². The quantitative estimate of drug-likeness (QED) is 0.746. The van der Waals surface area contributed by atoms with Crippen LogP contribution < -0.4 is 5.32 Å². The van der Waals surface area contributed by atoms with Gasteiger partial charge in [-0.15, -0.1) is 0 Å². The second-order valence-corrected chi connectivity index (χ2v) is 7.85. The lowest BCUT2D eigenvalue weighted by Gasteiger charge is -2.34. The molecule has 1 aliphatic carbocycles. The van der Waals surface area contributed by atoms with Gasteiger partial charge in [0.25, 0.3) is 0 Å². The van der Waals surface area contributed by atoms with E-state index in [2.05, 4.69) is 19.2 Å². The molecule has 0 unspecified atom stereocenters. The van der Waals surface area contributed by atoms with Gasteiger partial charge in [0.05, 0.1) is 0 Å². The van der Waals surface area contributed by atoms with Gasteiger partial charge in [0.2, 0.25) is 5.91 Å². The standard InChI is InChI=1S/C18H26ClNOS/c1-13-6-5-9-17(14(13)2)20-18(21)10-11-22-12-15-7-3-4-8-16(15)19/h3-4,7-8,13-14,17H,5-6,9-12H2,1-2H3,(H,20,21)/t13-,14-,17+/m1/s1. The highest BCUT2D eigenvalue weighted by molar-refractivity contribution is 7.98. The molecule has 0 aromatic heterocycles. The fraction of sp³-hybridized carbons (Fsp3) is 0.611. The highest BCUT2D eigenvalue weighted by Crippen LogP contribution is 2.29. The van der Waals surface area contributed by atoms with E-state index in [1.807, 2.05) is 24.3 Å². The van der Waals surface area contributed by atoms with Crippen molar-refractivity contribution in [2.75, 3.05) is 5.75 Å². The van der Waals surface area contributed by atoms with E-state index in [1.54, 1.807) is 11.8 Å². The molecule has 2 rings (SSSR count). The minimum absolute atomic E-state index is 0.192. The van der Waals surface area contributed by atoms with Crippen LogP contribution in [0, 0.1) is 11.8 Å². The van der Waals surface area contributed by atoms with Crippen molar-refractivity contribution in [2.45, 2.75) is 51.3 Å². The first-order valence-electron chi connectivity index (χ1n) is 8.18. The monoisotopic (exact) mass is 339 g/mol. The van der Waals surface area contributed by atoms with Gasteiger partial charge in [0, 0.05) is 29.0 Å². The Morgan fingerprint density at radius 3 is 2.86 bits per heavy atom. The van der Waals surface area contributed by atoms with Gasteiger partial charge in [-0.1, -0.05) is 56.5 Å². The van der Waals surface area contributed by atoms with Crippen molar-refractivity contribution in [3.05, 3.63) is 34.9 Å². The van der Waals surface area contributed by atoms with Crippen molar-refractivity contribution in [1.82, 2.24) is 5.32 Å². The molecule has 1 aromatic carbocycles. The normalized spacial score (nSPS) is 25.0. The third kappa shape index (κ3) is 5.20. The molecule has 122 valence electrons. The van der Waals surface area contributed by atoms with Crippen LogP contribution in [0.2, 0.25) is 5.02 Å². The van der Waals surface area contributed by atoms with Crippen molar-refractivity contribution in [3.8, 4) is 0 Å². The molecule has 1 saturated carbocycles. The molecule has 3 atom stereocenters. The molecule has 0 saturated heterocycles. The zero-order valence-corrected chi connectivity index (χ0v) is 15.1. The number of halogens is 1. The third-order valence-electron chi connectivity index (χ3n) is 4.74. The first-order valence-corrected chi connectivity index (χ1v) is 9.71. The number of carbonyl (C=O) groups excluding carboxylic acids is 1. The lowest BCUT2D eigenvalue weighted by atomic mass is 9.78. The first-order chi connectivity index (χ1) is 10.6. The van der Waals surface area contributed by atoms with Gasteiger partial charge in [0.1, 0.15) is 0 Å². The number of thioether (sulfide) groups is 1. The second kappa shape index (κ2) is 8.83. The summed E-state index contributed by atoms with van der Waals surface area (Å²) in [6.07, 6.45) is 4.25. The summed E-state index contributed by atoms with van der Waals surface area (Å²) < 4.78 is 0. The molecular formula is C18H26ClNOS. The molecule has 1 amide bonds. The lowest BCUT2D eigenvalue weighted by Crippen LogP contribution is -2.43. The SMILES string of the molecule is C[C@@H]1[C@H](C)CCC[C@@H]1NC(=O)CCSCc1ccccc1Cl. The van der Waals surface area contributed by atoms with Crippen LogP contribution >= 0.6 is 23.4 Å². The Bertz CT molecular complexity index is 494. The molecule has 1 aliphatic rings. The Labute approximate surface area is 143 Å². The summed E-state index contributed by atoms with van der Waals surface area (Å²) in [5.41, 5.74) is 1.14. The summed E-state index contributed by atoms with van der Waals surface area (Å²) in [6, 6.07) is 8.26. The van der Waals surface area contributed by atoms with E-state index < -0.39 is 0 Å². The average molecular weight is 340 g/mol. The van der Waals surface area contributed by atoms with Gasteiger partial charge in [-0.2, -0.15) is 11.8 Å². The van der Waals surface area contributed by atoms with E-state index in [4.69, 9.17) is 11.6 Å². The molecule has 22 heavy (non-hydrogen) atoms. The van der Waals surface area contributed by atoms with Crippen LogP contribution in [0.15, 0.2) is 24.3 Å². The van der Waals surface area contributed by atoms with Crippen LogP contribution in [-0.2, 0) is 10.5 Å². The number of rotatable bonds is 6. The van der Waals surface area contributed by atoms with Crippen LogP contribution in [0.3, 0.4) is 0 Å². The Morgan fingerprint density at radius 2 is 2.09 bits per heavy atom. The smallest absolute Gasteiger partial charge is 0.221 e. The van der Waals surface area contributed by atoms with Crippen LogP contribution in [0.4, 0.5) is 0 Å². The number of carbonyl (C=O) groups is 1. The van der Waals surface area contributed by atoms with Gasteiger partial charge in [-0.25, -0.2) is 0 Å². The Hall–Kier alpha value is -0.670. The predicted molar refractivity (Wildman–Crippen MR) is 96.3 cm³/mol. The Kier molecular flexibility index (Phi) is 7.10. The molecular weight excluding hydrogens is 314 g/mol. The second-order valence-electron chi connectivity index (χ2n) is 6.34. The maximum atomic E-state index is 12.1. The van der Waals surface area contributed by atoms with E-state index in [1.165, 1.54) is 12.8 Å². The number of benzene rings is 1. The van der Waals surface area contributed by atoms with Gasteiger partial charge in [-0.3, -0.25) is 4.79 Å². The summed E-state index contributed by atoms with van der Waals surface area (Å²) in [7, 11) is 0. The fourth-order valence-corrected chi connectivity index (χ4v) is 4.25. The van der Waals surface area contributed by atoms with Crippen molar-refractivity contribution >= 4 is 29.3 Å². The molecule has 0 radical (unpaired) electrons. The van der Waals surface area contributed by atoms with E-state index >= 15 is 0 Å². The van der Waals surface area contributed by atoms with Crippen molar-refractivity contribution < 1.29 is 4.79 Å². The minimum Gasteiger partial charge on any atom is -0.353 e. The summed E-state index contributed by atoms with van der Waals surface area (Å²) in [4.78, 5) is 12.1. The van der Waals surface area contributed by atoms with E-state index in [-0.39, 0.29) is 5.91 Å². The summed E-state index contributed by atoms with van der Waals surface area (Å²) >= 11 is 7.90. The minimum atomic E-state index is 0.192. The number of amides is 1. The largest absolute Gasteiger partial charge is 0.353 e. The average Bonchev–Trinajstić information content (AvgIpc) is 2.50. The molecule has 0 bridgehead atoms. The van der Waals surface area contributed by atoms with Crippen molar-refractivity contribution in [1.29, 1.82) is 0 Å². The molecule has 1 aromatic rings. The Balaban J connectivity index is 1.67. The maximum absolute atomic E-state index is 12.1. The molecule has 4 heteroatoms.